The van der Waals surface area contributed by atoms with Gasteiger partial charge in [0.25, 0.3) is 5.69 Å². The van der Waals surface area contributed by atoms with Crippen molar-refractivity contribution in [3.8, 4) is 12.1 Å². The first-order chi connectivity index (χ1) is 9.62. The summed E-state index contributed by atoms with van der Waals surface area (Å²) < 4.78 is 4.93. The molecule has 0 amide bonds. The second-order valence-electron chi connectivity index (χ2n) is 3.52. The van der Waals surface area contributed by atoms with Gasteiger partial charge in [0.1, 0.15) is 17.9 Å². The molecule has 0 aromatic heterocycles. The quantitative estimate of drug-likeness (QED) is 0.268. The highest BCUT2D eigenvalue weighted by atomic mass is 16.6. The van der Waals surface area contributed by atoms with Crippen LogP contribution in [-0.4, -0.2) is 18.2 Å². The first-order valence-electron chi connectivity index (χ1n) is 5.46. The Labute approximate surface area is 115 Å². The largest absolute Gasteiger partial charge is 0.499 e. The van der Waals surface area contributed by atoms with Gasteiger partial charge in [-0.2, -0.15) is 10.5 Å². The fourth-order valence-electron chi connectivity index (χ4n) is 1.36. The fourth-order valence-corrected chi connectivity index (χ4v) is 1.36. The normalized spacial score (nSPS) is 9.55. The lowest BCUT2D eigenvalue weighted by Gasteiger charge is -2.01. The number of rotatable bonds is 5. The standard InChI is InChI=1S/C13H10N4O3/c1-20-13(10(8-14)9-15)5-6-16-11-3-2-4-12(7-11)17(18)19/h2-4,6-7H,5H2,1H3. The molecule has 0 saturated carbocycles. The van der Waals surface area contributed by atoms with Crippen LogP contribution in [0.3, 0.4) is 0 Å². The molecular weight excluding hydrogens is 260 g/mol. The number of nitro benzene ring substituents is 1. The lowest BCUT2D eigenvalue weighted by Crippen LogP contribution is -1.93. The smallest absolute Gasteiger partial charge is 0.271 e. The number of hydrogen-bond acceptors (Lipinski definition) is 6. The van der Waals surface area contributed by atoms with Gasteiger partial charge >= 0.3 is 0 Å². The van der Waals surface area contributed by atoms with Crippen LogP contribution >= 0.6 is 0 Å². The molecule has 0 radical (unpaired) electrons. The molecule has 1 aromatic rings. The van der Waals surface area contributed by atoms with Gasteiger partial charge in [0.15, 0.2) is 5.57 Å². The maximum absolute atomic E-state index is 10.6. The Hall–Kier alpha value is -3.19. The van der Waals surface area contributed by atoms with Crippen LogP contribution in [-0.2, 0) is 4.74 Å². The van der Waals surface area contributed by atoms with E-state index in [-0.39, 0.29) is 23.4 Å². The topological polar surface area (TPSA) is 112 Å². The minimum Gasteiger partial charge on any atom is -0.499 e. The van der Waals surface area contributed by atoms with Gasteiger partial charge < -0.3 is 4.74 Å². The Morgan fingerprint density at radius 2 is 2.20 bits per heavy atom. The molecule has 0 unspecified atom stereocenters. The Kier molecular flexibility index (Phi) is 5.42. The van der Waals surface area contributed by atoms with E-state index in [2.05, 4.69) is 4.99 Å². The molecule has 1 rings (SSSR count). The lowest BCUT2D eigenvalue weighted by molar-refractivity contribution is -0.384. The molecule has 20 heavy (non-hydrogen) atoms. The van der Waals surface area contributed by atoms with Crippen molar-refractivity contribution in [2.24, 2.45) is 4.99 Å². The van der Waals surface area contributed by atoms with E-state index in [0.29, 0.717) is 5.69 Å². The second-order valence-corrected chi connectivity index (χ2v) is 3.52. The van der Waals surface area contributed by atoms with Crippen LogP contribution in [0.15, 0.2) is 40.6 Å². The van der Waals surface area contributed by atoms with Gasteiger partial charge in [-0.25, -0.2) is 0 Å². The van der Waals surface area contributed by atoms with Gasteiger partial charge in [-0.3, -0.25) is 15.1 Å². The SMILES string of the molecule is COC(CC=Nc1cccc([N+](=O)[O-])c1)=C(C#N)C#N. The maximum Gasteiger partial charge on any atom is 0.271 e. The van der Waals surface area contributed by atoms with Gasteiger partial charge in [-0.1, -0.05) is 6.07 Å². The van der Waals surface area contributed by atoms with Gasteiger partial charge in [-0.05, 0) is 6.07 Å². The summed E-state index contributed by atoms with van der Waals surface area (Å²) in [5.41, 5.74) is 0.222. The van der Waals surface area contributed by atoms with E-state index >= 15 is 0 Å². The monoisotopic (exact) mass is 270 g/mol. The van der Waals surface area contributed by atoms with Crippen molar-refractivity contribution in [1.29, 1.82) is 10.5 Å². The number of aliphatic imine (C=N–C) groups is 1. The average Bonchev–Trinajstić information content (AvgIpc) is 2.47. The molecule has 0 saturated heterocycles. The van der Waals surface area contributed by atoms with Crippen molar-refractivity contribution in [2.75, 3.05) is 7.11 Å². The van der Waals surface area contributed by atoms with Gasteiger partial charge in [0.05, 0.1) is 17.7 Å². The molecule has 100 valence electrons. The third-order valence-corrected chi connectivity index (χ3v) is 2.31. The summed E-state index contributed by atoms with van der Waals surface area (Å²) in [5, 5.41) is 28.0. The van der Waals surface area contributed by atoms with Gasteiger partial charge in [0.2, 0.25) is 0 Å². The number of non-ortho nitro benzene ring substituents is 1. The highest BCUT2D eigenvalue weighted by Gasteiger charge is 2.06. The molecule has 0 atom stereocenters. The molecule has 0 aliphatic heterocycles. The molecule has 7 heteroatoms. The zero-order valence-corrected chi connectivity index (χ0v) is 10.6. The highest BCUT2D eigenvalue weighted by molar-refractivity contribution is 5.67. The highest BCUT2D eigenvalue weighted by Crippen LogP contribution is 2.19. The van der Waals surface area contributed by atoms with E-state index in [1.807, 2.05) is 0 Å². The second kappa shape index (κ2) is 7.29. The van der Waals surface area contributed by atoms with Crippen molar-refractivity contribution in [2.45, 2.75) is 6.42 Å². The maximum atomic E-state index is 10.6. The Bertz CT molecular complexity index is 634. The van der Waals surface area contributed by atoms with Crippen LogP contribution < -0.4 is 0 Å². The van der Waals surface area contributed by atoms with E-state index in [1.165, 1.54) is 31.5 Å². The summed E-state index contributed by atoms with van der Waals surface area (Å²) in [4.78, 5) is 14.1. The number of benzene rings is 1. The number of hydrogen-bond donors (Lipinski definition) is 0. The molecule has 0 aliphatic carbocycles. The molecule has 0 spiro atoms. The van der Waals surface area contributed by atoms with Crippen molar-refractivity contribution in [3.63, 3.8) is 0 Å². The number of ether oxygens (including phenoxy) is 1. The van der Waals surface area contributed by atoms with Gasteiger partial charge in [-0.15, -0.1) is 0 Å². The van der Waals surface area contributed by atoms with E-state index in [0.717, 1.165) is 0 Å². The molecule has 0 heterocycles. The van der Waals surface area contributed by atoms with Crippen LogP contribution in [0, 0.1) is 32.8 Å². The van der Waals surface area contributed by atoms with E-state index in [9.17, 15) is 10.1 Å². The van der Waals surface area contributed by atoms with Gasteiger partial charge in [0, 0.05) is 24.8 Å². The van der Waals surface area contributed by atoms with Crippen LogP contribution in [0.1, 0.15) is 6.42 Å². The van der Waals surface area contributed by atoms with E-state index in [4.69, 9.17) is 15.3 Å². The molecule has 0 aliphatic rings. The minimum absolute atomic E-state index is 0.0584. The first kappa shape index (κ1) is 14.9. The van der Waals surface area contributed by atoms with Crippen LogP contribution in [0.5, 0.6) is 0 Å². The van der Waals surface area contributed by atoms with Crippen molar-refractivity contribution in [1.82, 2.24) is 0 Å². The average molecular weight is 270 g/mol. The molecule has 7 nitrogen and oxygen atoms in total. The molecule has 0 bridgehead atoms. The zero-order valence-electron chi connectivity index (χ0n) is 10.6. The number of nitrogens with zero attached hydrogens (tertiary/aromatic N) is 4. The number of nitro groups is 1. The first-order valence-corrected chi connectivity index (χ1v) is 5.46. The van der Waals surface area contributed by atoms with Crippen LogP contribution in [0.2, 0.25) is 0 Å². The van der Waals surface area contributed by atoms with Crippen molar-refractivity contribution < 1.29 is 9.66 Å². The number of allylic oxidation sites excluding steroid dienone is 2. The molecule has 0 N–H and O–H groups in total. The molecular formula is C13H10N4O3. The zero-order chi connectivity index (χ0) is 15.0. The number of nitriles is 2. The lowest BCUT2D eigenvalue weighted by atomic mass is 10.2. The van der Waals surface area contributed by atoms with E-state index in [1.54, 1.807) is 18.2 Å². The van der Waals surface area contributed by atoms with Crippen LogP contribution in [0.4, 0.5) is 11.4 Å². The van der Waals surface area contributed by atoms with E-state index < -0.39 is 4.92 Å². The third-order valence-electron chi connectivity index (χ3n) is 2.31. The predicted octanol–water partition coefficient (Wildman–Crippen LogP) is 2.63. The fraction of sp³-hybridized carbons (Fsp3) is 0.154. The predicted molar refractivity (Wildman–Crippen MR) is 71.1 cm³/mol. The number of methoxy groups -OCH3 is 1. The summed E-state index contributed by atoms with van der Waals surface area (Å²) in [5.74, 6) is 0.198. The summed E-state index contributed by atoms with van der Waals surface area (Å²) in [6, 6.07) is 9.25. The van der Waals surface area contributed by atoms with Crippen molar-refractivity contribution >= 4 is 17.6 Å². The Balaban J connectivity index is 2.87. The summed E-state index contributed by atoms with van der Waals surface area (Å²) in [7, 11) is 1.35. The third kappa shape index (κ3) is 3.93. The summed E-state index contributed by atoms with van der Waals surface area (Å²) in [6.45, 7) is 0. The minimum atomic E-state index is -0.511. The Morgan fingerprint density at radius 1 is 1.50 bits per heavy atom. The molecule has 1 aromatic carbocycles. The van der Waals surface area contributed by atoms with Crippen LogP contribution in [0.25, 0.3) is 0 Å². The summed E-state index contributed by atoms with van der Waals surface area (Å²) >= 11 is 0. The van der Waals surface area contributed by atoms with Crippen molar-refractivity contribution in [3.05, 3.63) is 45.7 Å². The Morgan fingerprint density at radius 3 is 2.75 bits per heavy atom. The summed E-state index contributed by atoms with van der Waals surface area (Å²) in [6.07, 6.45) is 1.57. The molecule has 0 fully saturated rings.